The molecule has 3 aromatic rings. The highest BCUT2D eigenvalue weighted by Gasteiger charge is 2.21. The summed E-state index contributed by atoms with van der Waals surface area (Å²) in [5, 5.41) is 10.8. The summed E-state index contributed by atoms with van der Waals surface area (Å²) >= 11 is 1.20. The standard InChI is InChI=1S/C16H14N4O3S/c21-13(8-11-9-4-1-2-6-12(9)23-20-11)19-16-18-10-5-3-7-17-15(22)14(10)24-16/h1-2,4,6H,3,5,7-8H2,(H,17,22)(H,18,19,21). The second kappa shape index (κ2) is 6.04. The number of aromatic nitrogens is 2. The van der Waals surface area contributed by atoms with E-state index < -0.39 is 0 Å². The monoisotopic (exact) mass is 342 g/mol. The van der Waals surface area contributed by atoms with Crippen molar-refractivity contribution in [2.75, 3.05) is 11.9 Å². The van der Waals surface area contributed by atoms with Gasteiger partial charge in [-0.2, -0.15) is 0 Å². The number of hydrogen-bond acceptors (Lipinski definition) is 6. The van der Waals surface area contributed by atoms with Gasteiger partial charge in [-0.05, 0) is 25.0 Å². The minimum atomic E-state index is -0.238. The van der Waals surface area contributed by atoms with Gasteiger partial charge in [0.05, 0.1) is 12.1 Å². The molecule has 0 bridgehead atoms. The molecule has 2 N–H and O–H groups in total. The smallest absolute Gasteiger partial charge is 0.263 e. The van der Waals surface area contributed by atoms with E-state index >= 15 is 0 Å². The zero-order chi connectivity index (χ0) is 16.5. The average molecular weight is 342 g/mol. The summed E-state index contributed by atoms with van der Waals surface area (Å²) < 4.78 is 5.20. The minimum Gasteiger partial charge on any atom is -0.356 e. The lowest BCUT2D eigenvalue weighted by Crippen LogP contribution is -2.21. The molecule has 1 aliphatic heterocycles. The average Bonchev–Trinajstić information content (AvgIpc) is 3.12. The van der Waals surface area contributed by atoms with Gasteiger partial charge < -0.3 is 15.2 Å². The molecule has 0 saturated heterocycles. The number of rotatable bonds is 3. The molecule has 0 unspecified atom stereocenters. The van der Waals surface area contributed by atoms with Crippen molar-refractivity contribution in [2.24, 2.45) is 0 Å². The summed E-state index contributed by atoms with van der Waals surface area (Å²) in [4.78, 5) is 29.1. The van der Waals surface area contributed by atoms with Crippen LogP contribution in [0, 0.1) is 0 Å². The summed E-state index contributed by atoms with van der Waals surface area (Å²) in [6.45, 7) is 0.656. The molecule has 4 rings (SSSR count). The molecule has 0 radical (unpaired) electrons. The van der Waals surface area contributed by atoms with Crippen LogP contribution in [0.1, 0.15) is 27.5 Å². The molecule has 122 valence electrons. The maximum absolute atomic E-state index is 12.3. The topological polar surface area (TPSA) is 97.1 Å². The fourth-order valence-corrected chi connectivity index (χ4v) is 3.62. The SMILES string of the molecule is O=C(Cc1noc2ccccc12)Nc1nc2c(s1)C(=O)NCCC2. The largest absolute Gasteiger partial charge is 0.356 e. The summed E-state index contributed by atoms with van der Waals surface area (Å²) in [5.41, 5.74) is 1.98. The van der Waals surface area contributed by atoms with E-state index in [0.29, 0.717) is 27.8 Å². The predicted molar refractivity (Wildman–Crippen MR) is 89.1 cm³/mol. The Morgan fingerprint density at radius 1 is 1.38 bits per heavy atom. The van der Waals surface area contributed by atoms with Crippen molar-refractivity contribution >= 4 is 39.3 Å². The number of aryl methyl sites for hydroxylation is 1. The Bertz CT molecular complexity index is 930. The van der Waals surface area contributed by atoms with Crippen molar-refractivity contribution in [3.05, 3.63) is 40.5 Å². The normalized spacial score (nSPS) is 14.1. The highest BCUT2D eigenvalue weighted by molar-refractivity contribution is 7.17. The van der Waals surface area contributed by atoms with E-state index in [9.17, 15) is 9.59 Å². The lowest BCUT2D eigenvalue weighted by Gasteiger charge is -2.00. The summed E-state index contributed by atoms with van der Waals surface area (Å²) in [7, 11) is 0. The van der Waals surface area contributed by atoms with Crippen molar-refractivity contribution in [2.45, 2.75) is 19.3 Å². The third kappa shape index (κ3) is 2.76. The first-order chi connectivity index (χ1) is 11.7. The molecule has 2 aromatic heterocycles. The van der Waals surface area contributed by atoms with Crippen molar-refractivity contribution in [3.63, 3.8) is 0 Å². The van der Waals surface area contributed by atoms with Crippen LogP contribution in [-0.2, 0) is 17.6 Å². The molecule has 0 saturated carbocycles. The first kappa shape index (κ1) is 14.8. The highest BCUT2D eigenvalue weighted by Crippen LogP contribution is 2.26. The van der Waals surface area contributed by atoms with E-state index in [-0.39, 0.29) is 18.2 Å². The highest BCUT2D eigenvalue weighted by atomic mass is 32.1. The fourth-order valence-electron chi connectivity index (χ4n) is 2.67. The van der Waals surface area contributed by atoms with Crippen LogP contribution >= 0.6 is 11.3 Å². The van der Waals surface area contributed by atoms with Crippen LogP contribution in [0.25, 0.3) is 11.0 Å². The van der Waals surface area contributed by atoms with Crippen molar-refractivity contribution in [3.8, 4) is 0 Å². The Morgan fingerprint density at radius 2 is 2.25 bits per heavy atom. The molecule has 0 aliphatic carbocycles. The van der Waals surface area contributed by atoms with E-state index in [0.717, 1.165) is 23.9 Å². The second-order valence-electron chi connectivity index (χ2n) is 5.50. The molecular weight excluding hydrogens is 328 g/mol. The van der Waals surface area contributed by atoms with Gasteiger partial charge in [-0.15, -0.1) is 0 Å². The van der Waals surface area contributed by atoms with Gasteiger partial charge in [-0.1, -0.05) is 28.6 Å². The fraction of sp³-hybridized carbons (Fsp3) is 0.250. The summed E-state index contributed by atoms with van der Waals surface area (Å²) in [6, 6.07) is 7.40. The zero-order valence-corrected chi connectivity index (χ0v) is 13.5. The van der Waals surface area contributed by atoms with E-state index in [2.05, 4.69) is 20.8 Å². The van der Waals surface area contributed by atoms with E-state index in [4.69, 9.17) is 4.52 Å². The lowest BCUT2D eigenvalue weighted by atomic mass is 10.2. The first-order valence-electron chi connectivity index (χ1n) is 7.62. The quantitative estimate of drug-likeness (QED) is 0.760. The Morgan fingerprint density at radius 3 is 3.17 bits per heavy atom. The Balaban J connectivity index is 1.50. The molecule has 24 heavy (non-hydrogen) atoms. The second-order valence-corrected chi connectivity index (χ2v) is 6.50. The van der Waals surface area contributed by atoms with E-state index in [1.54, 1.807) is 6.07 Å². The number of nitrogens with one attached hydrogen (secondary N) is 2. The summed E-state index contributed by atoms with van der Waals surface area (Å²) in [5.74, 6) is -0.360. The number of nitrogens with zero attached hydrogens (tertiary/aromatic N) is 2. The zero-order valence-electron chi connectivity index (χ0n) is 12.7. The van der Waals surface area contributed by atoms with Gasteiger partial charge in [-0.25, -0.2) is 4.98 Å². The van der Waals surface area contributed by atoms with Crippen LogP contribution in [0.5, 0.6) is 0 Å². The van der Waals surface area contributed by atoms with Gasteiger partial charge in [0.25, 0.3) is 5.91 Å². The van der Waals surface area contributed by atoms with Crippen molar-refractivity contribution < 1.29 is 14.1 Å². The molecule has 7 nitrogen and oxygen atoms in total. The van der Waals surface area contributed by atoms with Gasteiger partial charge >= 0.3 is 0 Å². The molecule has 8 heteroatoms. The van der Waals surface area contributed by atoms with Gasteiger partial charge in [0, 0.05) is 11.9 Å². The minimum absolute atomic E-state index is 0.0907. The van der Waals surface area contributed by atoms with Crippen molar-refractivity contribution in [1.82, 2.24) is 15.5 Å². The van der Waals surface area contributed by atoms with Gasteiger partial charge in [0.1, 0.15) is 10.6 Å². The number of thiazole rings is 1. The molecule has 1 aliphatic rings. The Kier molecular flexibility index (Phi) is 3.73. The third-order valence-electron chi connectivity index (χ3n) is 3.81. The molecule has 0 atom stereocenters. The maximum Gasteiger partial charge on any atom is 0.263 e. The number of carbonyl (C=O) groups excluding carboxylic acids is 2. The Labute approximate surface area is 141 Å². The number of amides is 2. The number of anilines is 1. The van der Waals surface area contributed by atoms with E-state index in [1.165, 1.54) is 11.3 Å². The number of hydrogen-bond donors (Lipinski definition) is 2. The van der Waals surface area contributed by atoms with Crippen molar-refractivity contribution in [1.29, 1.82) is 0 Å². The Hall–Kier alpha value is -2.74. The maximum atomic E-state index is 12.3. The third-order valence-corrected chi connectivity index (χ3v) is 4.82. The molecule has 0 spiro atoms. The molecule has 3 heterocycles. The van der Waals surface area contributed by atoms with Crippen LogP contribution in [0.15, 0.2) is 28.8 Å². The summed E-state index contributed by atoms with van der Waals surface area (Å²) in [6.07, 6.45) is 1.67. The van der Waals surface area contributed by atoms with Gasteiger partial charge in [0.2, 0.25) is 5.91 Å². The number of benzene rings is 1. The van der Waals surface area contributed by atoms with Crippen LogP contribution in [0.2, 0.25) is 0 Å². The number of fused-ring (bicyclic) bond motifs is 2. The predicted octanol–water partition coefficient (Wildman–Crippen LogP) is 2.14. The molecule has 0 fully saturated rings. The number of para-hydroxylation sites is 1. The molecule has 1 aromatic carbocycles. The first-order valence-corrected chi connectivity index (χ1v) is 8.43. The molecular formula is C16H14N4O3S. The molecule has 2 amide bonds. The van der Waals surface area contributed by atoms with Crippen LogP contribution < -0.4 is 10.6 Å². The van der Waals surface area contributed by atoms with Crippen LogP contribution in [0.4, 0.5) is 5.13 Å². The van der Waals surface area contributed by atoms with Crippen LogP contribution in [0.3, 0.4) is 0 Å². The van der Waals surface area contributed by atoms with E-state index in [1.807, 2.05) is 18.2 Å². The van der Waals surface area contributed by atoms with Crippen LogP contribution in [-0.4, -0.2) is 28.5 Å². The lowest BCUT2D eigenvalue weighted by molar-refractivity contribution is -0.115. The van der Waals surface area contributed by atoms with Gasteiger partial charge in [-0.3, -0.25) is 9.59 Å². The van der Waals surface area contributed by atoms with Gasteiger partial charge in [0.15, 0.2) is 10.7 Å². The number of carbonyl (C=O) groups is 2.